The van der Waals surface area contributed by atoms with Crippen LogP contribution in [0.1, 0.15) is 16.7 Å². The molecule has 19 heavy (non-hydrogen) atoms. The number of nitrogens with one attached hydrogen (secondary N) is 1. The lowest BCUT2D eigenvalue weighted by molar-refractivity contribution is 0.594. The topological polar surface area (TPSA) is 12.0 Å². The average molecular weight is 326 g/mol. The van der Waals surface area contributed by atoms with Crippen LogP contribution in [0, 0.1) is 25.5 Å². The van der Waals surface area contributed by atoms with Gasteiger partial charge in [-0.3, -0.25) is 0 Å². The van der Waals surface area contributed by atoms with Gasteiger partial charge in [-0.1, -0.05) is 28.1 Å². The molecule has 0 aromatic heterocycles. The van der Waals surface area contributed by atoms with E-state index in [0.29, 0.717) is 12.1 Å². The second-order valence-corrected chi connectivity index (χ2v) is 5.37. The van der Waals surface area contributed by atoms with Crippen molar-refractivity contribution in [3.8, 4) is 0 Å². The van der Waals surface area contributed by atoms with Crippen LogP contribution in [0.4, 0.5) is 14.5 Å². The minimum absolute atomic E-state index is 0.180. The van der Waals surface area contributed by atoms with Crippen LogP contribution >= 0.6 is 15.9 Å². The lowest BCUT2D eigenvalue weighted by Gasteiger charge is -2.10. The Hall–Kier alpha value is -1.42. The van der Waals surface area contributed by atoms with Gasteiger partial charge >= 0.3 is 0 Å². The van der Waals surface area contributed by atoms with E-state index in [4.69, 9.17) is 0 Å². The van der Waals surface area contributed by atoms with Gasteiger partial charge in [-0.15, -0.1) is 0 Å². The summed E-state index contributed by atoms with van der Waals surface area (Å²) in [7, 11) is 0. The molecule has 0 saturated carbocycles. The molecule has 0 aliphatic rings. The van der Waals surface area contributed by atoms with Crippen molar-refractivity contribution in [3.05, 3.63) is 63.1 Å². The van der Waals surface area contributed by atoms with Gasteiger partial charge in [0.05, 0.1) is 5.69 Å². The fourth-order valence-electron chi connectivity index (χ4n) is 1.73. The molecule has 2 aromatic carbocycles. The molecule has 0 amide bonds. The molecular weight excluding hydrogens is 312 g/mol. The molecule has 2 rings (SSSR count). The van der Waals surface area contributed by atoms with Gasteiger partial charge in [0.15, 0.2) is 0 Å². The van der Waals surface area contributed by atoms with Gasteiger partial charge < -0.3 is 5.32 Å². The zero-order chi connectivity index (χ0) is 14.0. The Morgan fingerprint density at radius 2 is 1.74 bits per heavy atom. The summed E-state index contributed by atoms with van der Waals surface area (Å²) in [6.45, 7) is 3.98. The fraction of sp³-hybridized carbons (Fsp3) is 0.200. The Kier molecular flexibility index (Phi) is 4.20. The first-order valence-corrected chi connectivity index (χ1v) is 6.71. The highest BCUT2D eigenvalue weighted by Crippen LogP contribution is 2.21. The molecule has 4 heteroatoms. The first-order valence-electron chi connectivity index (χ1n) is 5.92. The van der Waals surface area contributed by atoms with E-state index >= 15 is 0 Å². The summed E-state index contributed by atoms with van der Waals surface area (Å²) in [6.07, 6.45) is 0. The predicted molar refractivity (Wildman–Crippen MR) is 77.3 cm³/mol. The van der Waals surface area contributed by atoms with E-state index in [2.05, 4.69) is 21.2 Å². The fourth-order valence-corrected chi connectivity index (χ4v) is 2.15. The first-order chi connectivity index (χ1) is 8.97. The number of hydrogen-bond donors (Lipinski definition) is 1. The van der Waals surface area contributed by atoms with E-state index in [-0.39, 0.29) is 5.69 Å². The van der Waals surface area contributed by atoms with E-state index in [1.54, 1.807) is 6.92 Å². The van der Waals surface area contributed by atoms with Crippen LogP contribution in [-0.4, -0.2) is 0 Å². The molecule has 1 N–H and O–H groups in total. The van der Waals surface area contributed by atoms with Crippen LogP contribution in [0.2, 0.25) is 0 Å². The van der Waals surface area contributed by atoms with Crippen molar-refractivity contribution in [3.63, 3.8) is 0 Å². The Morgan fingerprint density at radius 3 is 2.42 bits per heavy atom. The standard InChI is InChI=1S/C15H14BrF2N/c1-9-3-4-11(6-12(9)16)8-19-15-7-13(17)10(2)5-14(15)18/h3-7,19H,8H2,1-2H3. The SMILES string of the molecule is Cc1cc(F)c(NCc2ccc(C)c(Br)c2)cc1F. The summed E-state index contributed by atoms with van der Waals surface area (Å²) in [6, 6.07) is 8.28. The smallest absolute Gasteiger partial charge is 0.146 e. The monoisotopic (exact) mass is 325 g/mol. The summed E-state index contributed by atoms with van der Waals surface area (Å²) in [5.41, 5.74) is 2.62. The second-order valence-electron chi connectivity index (χ2n) is 4.52. The molecular formula is C15H14BrF2N. The molecule has 100 valence electrons. The highest BCUT2D eigenvalue weighted by molar-refractivity contribution is 9.10. The second kappa shape index (κ2) is 5.70. The molecule has 1 nitrogen and oxygen atoms in total. The third-order valence-corrected chi connectivity index (χ3v) is 3.82. The maximum Gasteiger partial charge on any atom is 0.146 e. The molecule has 0 fully saturated rings. The van der Waals surface area contributed by atoms with Crippen LogP contribution < -0.4 is 5.32 Å². The van der Waals surface area contributed by atoms with Crippen molar-refractivity contribution in [2.75, 3.05) is 5.32 Å². The van der Waals surface area contributed by atoms with Gasteiger partial charge in [-0.05, 0) is 42.7 Å². The first kappa shape index (κ1) is 14.0. The van der Waals surface area contributed by atoms with E-state index in [9.17, 15) is 8.78 Å². The quantitative estimate of drug-likeness (QED) is 0.841. The summed E-state index contributed by atoms with van der Waals surface area (Å²) in [4.78, 5) is 0. The van der Waals surface area contributed by atoms with Crippen molar-refractivity contribution in [2.24, 2.45) is 0 Å². The largest absolute Gasteiger partial charge is 0.379 e. The average Bonchev–Trinajstić information content (AvgIpc) is 2.36. The van der Waals surface area contributed by atoms with Crippen LogP contribution in [0.5, 0.6) is 0 Å². The van der Waals surface area contributed by atoms with E-state index in [0.717, 1.165) is 15.6 Å². The Balaban J connectivity index is 2.14. The highest BCUT2D eigenvalue weighted by Gasteiger charge is 2.07. The molecule has 0 radical (unpaired) electrons. The number of aryl methyl sites for hydroxylation is 2. The van der Waals surface area contributed by atoms with Gasteiger partial charge in [0.2, 0.25) is 0 Å². The van der Waals surface area contributed by atoms with Gasteiger partial charge in [0.25, 0.3) is 0 Å². The molecule has 0 spiro atoms. The minimum Gasteiger partial charge on any atom is -0.379 e. The van der Waals surface area contributed by atoms with Gasteiger partial charge in [0.1, 0.15) is 11.6 Å². The molecule has 0 saturated heterocycles. The van der Waals surface area contributed by atoms with Crippen molar-refractivity contribution in [1.29, 1.82) is 0 Å². The van der Waals surface area contributed by atoms with Crippen molar-refractivity contribution in [2.45, 2.75) is 20.4 Å². The molecule has 0 aliphatic heterocycles. The summed E-state index contributed by atoms with van der Waals surface area (Å²) in [5, 5.41) is 2.91. The molecule has 0 atom stereocenters. The van der Waals surface area contributed by atoms with Crippen LogP contribution in [0.3, 0.4) is 0 Å². The van der Waals surface area contributed by atoms with Crippen LogP contribution in [0.15, 0.2) is 34.8 Å². The molecule has 0 bridgehead atoms. The summed E-state index contributed by atoms with van der Waals surface area (Å²) < 4.78 is 28.0. The summed E-state index contributed by atoms with van der Waals surface area (Å²) >= 11 is 3.45. The number of benzene rings is 2. The van der Waals surface area contributed by atoms with Crippen molar-refractivity contribution < 1.29 is 8.78 Å². The number of halogens is 3. The summed E-state index contributed by atoms with van der Waals surface area (Å²) in [5.74, 6) is -0.848. The van der Waals surface area contributed by atoms with E-state index in [1.165, 1.54) is 12.1 Å². The Morgan fingerprint density at radius 1 is 1.00 bits per heavy atom. The number of hydrogen-bond acceptors (Lipinski definition) is 1. The lowest BCUT2D eigenvalue weighted by atomic mass is 10.1. The molecule has 0 unspecified atom stereocenters. The molecule has 0 aliphatic carbocycles. The zero-order valence-electron chi connectivity index (χ0n) is 10.7. The van der Waals surface area contributed by atoms with Crippen LogP contribution in [-0.2, 0) is 6.54 Å². The van der Waals surface area contributed by atoms with Gasteiger partial charge in [-0.2, -0.15) is 0 Å². The maximum atomic E-state index is 13.6. The van der Waals surface area contributed by atoms with Gasteiger partial charge in [0, 0.05) is 17.1 Å². The maximum absolute atomic E-state index is 13.6. The Bertz CT molecular complexity index is 611. The normalized spacial score (nSPS) is 10.6. The molecule has 0 heterocycles. The van der Waals surface area contributed by atoms with Crippen LogP contribution in [0.25, 0.3) is 0 Å². The number of anilines is 1. The zero-order valence-corrected chi connectivity index (χ0v) is 12.3. The van der Waals surface area contributed by atoms with Gasteiger partial charge in [-0.25, -0.2) is 8.78 Å². The van der Waals surface area contributed by atoms with E-state index < -0.39 is 11.6 Å². The highest BCUT2D eigenvalue weighted by atomic mass is 79.9. The van der Waals surface area contributed by atoms with Crippen molar-refractivity contribution >= 4 is 21.6 Å². The third kappa shape index (κ3) is 3.32. The molecule has 2 aromatic rings. The van der Waals surface area contributed by atoms with Crippen molar-refractivity contribution in [1.82, 2.24) is 0 Å². The Labute approximate surface area is 119 Å². The third-order valence-electron chi connectivity index (χ3n) is 2.97. The predicted octanol–water partition coefficient (Wildman–Crippen LogP) is 4.96. The lowest BCUT2D eigenvalue weighted by Crippen LogP contribution is -2.03. The minimum atomic E-state index is -0.440. The number of rotatable bonds is 3. The van der Waals surface area contributed by atoms with E-state index in [1.807, 2.05) is 25.1 Å².